The fourth-order valence-corrected chi connectivity index (χ4v) is 4.70. The number of fused-ring (bicyclic) bond motifs is 3. The van der Waals surface area contributed by atoms with Gasteiger partial charge in [0.05, 0.1) is 11.0 Å². The standard InChI is InChI=1S/C30H25N2O2/c1-2-9-20-16-17-24-27(18-20)32(26-15-8-14-25(28(24)26)30(31)34)19-22-12-6-7-13-23(22)29(33)21-10-4-3-5-11-21/h3-8,10-16,18H,2,9,19H2,1H3,(H2,31,34). The number of amides is 1. The zero-order valence-electron chi connectivity index (χ0n) is 19.0. The van der Waals surface area contributed by atoms with Crippen molar-refractivity contribution in [3.8, 4) is 0 Å². The van der Waals surface area contributed by atoms with E-state index >= 15 is 0 Å². The molecule has 0 bridgehead atoms. The molecular weight excluding hydrogens is 420 g/mol. The largest absolute Gasteiger partial charge is 0.366 e. The summed E-state index contributed by atoms with van der Waals surface area (Å²) in [6.45, 7) is 2.64. The number of carbonyl (C=O) groups is 2. The van der Waals surface area contributed by atoms with E-state index in [-0.39, 0.29) is 5.78 Å². The minimum atomic E-state index is -0.463. The molecule has 1 heterocycles. The first kappa shape index (κ1) is 21.7. The molecule has 1 amide bonds. The van der Waals surface area contributed by atoms with Crippen LogP contribution in [0.25, 0.3) is 21.8 Å². The zero-order chi connectivity index (χ0) is 23.7. The fourth-order valence-electron chi connectivity index (χ4n) is 4.70. The lowest BCUT2D eigenvalue weighted by molar-refractivity contribution is 0.1000. The molecule has 0 saturated heterocycles. The highest BCUT2D eigenvalue weighted by molar-refractivity contribution is 6.18. The quantitative estimate of drug-likeness (QED) is 0.316. The predicted octanol–water partition coefficient (Wildman–Crippen LogP) is 5.93. The van der Waals surface area contributed by atoms with Crippen LogP contribution in [0.1, 0.15) is 50.8 Å². The summed E-state index contributed by atoms with van der Waals surface area (Å²) in [7, 11) is 0. The maximum atomic E-state index is 13.3. The first-order valence-corrected chi connectivity index (χ1v) is 11.5. The molecule has 0 spiro atoms. The molecule has 2 N–H and O–H groups in total. The Labute approximate surface area is 198 Å². The molecule has 4 nitrogen and oxygen atoms in total. The van der Waals surface area contributed by atoms with Crippen molar-refractivity contribution in [1.29, 1.82) is 0 Å². The van der Waals surface area contributed by atoms with Crippen molar-refractivity contribution < 1.29 is 9.59 Å². The van der Waals surface area contributed by atoms with E-state index in [0.717, 1.165) is 40.2 Å². The van der Waals surface area contributed by atoms with Crippen LogP contribution in [0.4, 0.5) is 0 Å². The SMILES string of the molecule is CCCc1c[c]c2c3c(C(N)=O)cccc3n(Cc3ccccc3C(=O)c3ccccc3)c2c1. The molecule has 4 aromatic carbocycles. The summed E-state index contributed by atoms with van der Waals surface area (Å²) < 4.78 is 2.17. The normalized spacial score (nSPS) is 11.2. The van der Waals surface area contributed by atoms with E-state index in [1.165, 1.54) is 5.56 Å². The number of aryl methyl sites for hydroxylation is 1. The van der Waals surface area contributed by atoms with Gasteiger partial charge in [0.2, 0.25) is 5.91 Å². The number of rotatable bonds is 7. The lowest BCUT2D eigenvalue weighted by atomic mass is 9.98. The molecule has 0 aliphatic carbocycles. The topological polar surface area (TPSA) is 65.1 Å². The molecule has 0 unspecified atom stereocenters. The van der Waals surface area contributed by atoms with Gasteiger partial charge >= 0.3 is 0 Å². The Morgan fingerprint density at radius 3 is 2.38 bits per heavy atom. The second-order valence-corrected chi connectivity index (χ2v) is 8.52. The van der Waals surface area contributed by atoms with Gasteiger partial charge in [0, 0.05) is 34.0 Å². The lowest BCUT2D eigenvalue weighted by Gasteiger charge is -2.13. The van der Waals surface area contributed by atoms with Crippen molar-refractivity contribution in [3.63, 3.8) is 0 Å². The van der Waals surface area contributed by atoms with E-state index < -0.39 is 5.91 Å². The average Bonchev–Trinajstić information content (AvgIpc) is 3.17. The Balaban J connectivity index is 1.72. The minimum Gasteiger partial charge on any atom is -0.366 e. The highest BCUT2D eigenvalue weighted by Crippen LogP contribution is 2.33. The summed E-state index contributed by atoms with van der Waals surface area (Å²) in [6, 6.07) is 30.2. The number of hydrogen-bond acceptors (Lipinski definition) is 2. The highest BCUT2D eigenvalue weighted by Gasteiger charge is 2.19. The molecule has 5 aromatic rings. The molecular formula is C30H25N2O2. The maximum Gasteiger partial charge on any atom is 0.249 e. The summed E-state index contributed by atoms with van der Waals surface area (Å²) in [4.78, 5) is 25.6. The summed E-state index contributed by atoms with van der Waals surface area (Å²) in [5.41, 5.74) is 11.5. The number of aromatic nitrogens is 1. The van der Waals surface area contributed by atoms with Gasteiger partial charge in [-0.15, -0.1) is 0 Å². The van der Waals surface area contributed by atoms with E-state index in [9.17, 15) is 9.59 Å². The molecule has 1 radical (unpaired) electrons. The van der Waals surface area contributed by atoms with Gasteiger partial charge < -0.3 is 10.3 Å². The minimum absolute atomic E-state index is 0.00646. The number of nitrogens with two attached hydrogens (primary N) is 1. The van der Waals surface area contributed by atoms with Crippen LogP contribution >= 0.6 is 0 Å². The number of nitrogens with zero attached hydrogens (tertiary/aromatic N) is 1. The van der Waals surface area contributed by atoms with Crippen LogP contribution in [0, 0.1) is 6.07 Å². The van der Waals surface area contributed by atoms with Crippen LogP contribution in [0.5, 0.6) is 0 Å². The van der Waals surface area contributed by atoms with E-state index in [4.69, 9.17) is 5.73 Å². The Kier molecular flexibility index (Phi) is 5.72. The van der Waals surface area contributed by atoms with Crippen molar-refractivity contribution in [2.45, 2.75) is 26.3 Å². The number of benzene rings is 4. The molecule has 5 rings (SSSR count). The maximum absolute atomic E-state index is 13.3. The first-order valence-electron chi connectivity index (χ1n) is 11.5. The van der Waals surface area contributed by atoms with Crippen LogP contribution in [0.15, 0.2) is 84.9 Å². The van der Waals surface area contributed by atoms with Gasteiger partial charge in [-0.05, 0) is 41.8 Å². The molecule has 0 atom stereocenters. The smallest absolute Gasteiger partial charge is 0.249 e. The Morgan fingerprint density at radius 1 is 0.882 bits per heavy atom. The third kappa shape index (κ3) is 3.77. The van der Waals surface area contributed by atoms with Gasteiger partial charge in [0.25, 0.3) is 0 Å². The predicted molar refractivity (Wildman–Crippen MR) is 136 cm³/mol. The molecule has 0 saturated carbocycles. The van der Waals surface area contributed by atoms with Crippen LogP contribution in [-0.4, -0.2) is 16.3 Å². The van der Waals surface area contributed by atoms with Crippen LogP contribution < -0.4 is 5.73 Å². The number of ketones is 1. The van der Waals surface area contributed by atoms with Gasteiger partial charge in [-0.3, -0.25) is 9.59 Å². The molecule has 167 valence electrons. The van der Waals surface area contributed by atoms with Crippen LogP contribution in [0.3, 0.4) is 0 Å². The van der Waals surface area contributed by atoms with Gasteiger partial charge in [-0.2, -0.15) is 0 Å². The highest BCUT2D eigenvalue weighted by atomic mass is 16.1. The average molecular weight is 446 g/mol. The molecule has 34 heavy (non-hydrogen) atoms. The van der Waals surface area contributed by atoms with E-state index in [2.05, 4.69) is 23.6 Å². The molecule has 0 aliphatic rings. The van der Waals surface area contributed by atoms with Crippen LogP contribution in [0.2, 0.25) is 0 Å². The summed E-state index contributed by atoms with van der Waals surface area (Å²) in [6.07, 6.45) is 1.97. The van der Waals surface area contributed by atoms with E-state index in [1.807, 2.05) is 72.8 Å². The van der Waals surface area contributed by atoms with Crippen molar-refractivity contribution >= 4 is 33.5 Å². The second-order valence-electron chi connectivity index (χ2n) is 8.52. The number of hydrogen-bond donors (Lipinski definition) is 1. The lowest BCUT2D eigenvalue weighted by Crippen LogP contribution is -2.11. The third-order valence-corrected chi connectivity index (χ3v) is 6.28. The van der Waals surface area contributed by atoms with Crippen LogP contribution in [-0.2, 0) is 13.0 Å². The number of carbonyl (C=O) groups excluding carboxylic acids is 2. The monoisotopic (exact) mass is 445 g/mol. The zero-order valence-corrected chi connectivity index (χ0v) is 19.0. The summed E-state index contributed by atoms with van der Waals surface area (Å²) >= 11 is 0. The van der Waals surface area contributed by atoms with Gasteiger partial charge in [-0.1, -0.05) is 80.1 Å². The van der Waals surface area contributed by atoms with Crippen molar-refractivity contribution in [1.82, 2.24) is 4.57 Å². The van der Waals surface area contributed by atoms with Crippen molar-refractivity contribution in [2.75, 3.05) is 0 Å². The van der Waals surface area contributed by atoms with Gasteiger partial charge in [0.15, 0.2) is 5.78 Å². The molecule has 0 aliphatic heterocycles. The molecule has 0 fully saturated rings. The summed E-state index contributed by atoms with van der Waals surface area (Å²) in [5, 5.41) is 1.68. The van der Waals surface area contributed by atoms with Crippen molar-refractivity contribution in [2.24, 2.45) is 5.73 Å². The van der Waals surface area contributed by atoms with E-state index in [1.54, 1.807) is 6.07 Å². The van der Waals surface area contributed by atoms with Crippen molar-refractivity contribution in [3.05, 3.63) is 119 Å². The summed E-state index contributed by atoms with van der Waals surface area (Å²) in [5.74, 6) is -0.469. The van der Waals surface area contributed by atoms with E-state index in [0.29, 0.717) is 23.2 Å². The number of primary amides is 1. The van der Waals surface area contributed by atoms with Gasteiger partial charge in [0.1, 0.15) is 0 Å². The molecule has 4 heteroatoms. The Hall–Kier alpha value is -4.18. The third-order valence-electron chi connectivity index (χ3n) is 6.28. The Morgan fingerprint density at radius 2 is 1.62 bits per heavy atom. The second kappa shape index (κ2) is 8.99. The first-order chi connectivity index (χ1) is 16.6. The fraction of sp³-hybridized carbons (Fsp3) is 0.133. The Bertz CT molecular complexity index is 1530. The van der Waals surface area contributed by atoms with Gasteiger partial charge in [-0.25, -0.2) is 0 Å². The molecule has 1 aromatic heterocycles.